The largest absolute Gasteiger partial charge is 0.365 e. The average Bonchev–Trinajstić information content (AvgIpc) is 2.72. The SMILES string of the molecule is CC1CCC(CNC2=NCC(C)S2)C1. The second kappa shape index (κ2) is 4.56. The van der Waals surface area contributed by atoms with Crippen molar-refractivity contribution in [3.05, 3.63) is 0 Å². The van der Waals surface area contributed by atoms with Crippen LogP contribution < -0.4 is 5.32 Å². The molecule has 1 N–H and O–H groups in total. The van der Waals surface area contributed by atoms with Crippen LogP contribution in [0.5, 0.6) is 0 Å². The number of hydrogen-bond donors (Lipinski definition) is 1. The van der Waals surface area contributed by atoms with Crippen LogP contribution in [0.4, 0.5) is 0 Å². The molecule has 1 saturated carbocycles. The van der Waals surface area contributed by atoms with Gasteiger partial charge in [-0.25, -0.2) is 0 Å². The fourth-order valence-electron chi connectivity index (χ4n) is 2.32. The van der Waals surface area contributed by atoms with Gasteiger partial charge in [0.1, 0.15) is 0 Å². The lowest BCUT2D eigenvalue weighted by Crippen LogP contribution is -2.25. The van der Waals surface area contributed by atoms with E-state index < -0.39 is 0 Å². The molecule has 0 aromatic rings. The van der Waals surface area contributed by atoms with Crippen LogP contribution in [0.3, 0.4) is 0 Å². The Labute approximate surface area is 90.9 Å². The van der Waals surface area contributed by atoms with Crippen LogP contribution in [0.25, 0.3) is 0 Å². The summed E-state index contributed by atoms with van der Waals surface area (Å²) in [5.41, 5.74) is 0. The zero-order valence-electron chi connectivity index (χ0n) is 9.12. The molecule has 0 bridgehead atoms. The van der Waals surface area contributed by atoms with Crippen LogP contribution in [-0.4, -0.2) is 23.5 Å². The Balaban J connectivity index is 1.68. The maximum absolute atomic E-state index is 4.47. The van der Waals surface area contributed by atoms with Crippen LogP contribution in [0.15, 0.2) is 4.99 Å². The molecule has 80 valence electrons. The molecule has 0 radical (unpaired) electrons. The van der Waals surface area contributed by atoms with Gasteiger partial charge in [-0.05, 0) is 24.7 Å². The summed E-state index contributed by atoms with van der Waals surface area (Å²) in [5, 5.41) is 5.35. The highest BCUT2D eigenvalue weighted by atomic mass is 32.2. The number of thioether (sulfide) groups is 1. The van der Waals surface area contributed by atoms with E-state index in [2.05, 4.69) is 24.2 Å². The predicted molar refractivity (Wildman–Crippen MR) is 63.9 cm³/mol. The Morgan fingerprint density at radius 2 is 2.29 bits per heavy atom. The highest BCUT2D eigenvalue weighted by Crippen LogP contribution is 2.30. The lowest BCUT2D eigenvalue weighted by atomic mass is 10.1. The van der Waals surface area contributed by atoms with Gasteiger partial charge < -0.3 is 5.32 Å². The molecule has 3 heteroatoms. The molecule has 0 aromatic carbocycles. The maximum atomic E-state index is 4.47. The topological polar surface area (TPSA) is 24.4 Å². The number of amidine groups is 1. The summed E-state index contributed by atoms with van der Waals surface area (Å²) in [5.74, 6) is 1.84. The van der Waals surface area contributed by atoms with Crippen molar-refractivity contribution in [1.29, 1.82) is 0 Å². The zero-order chi connectivity index (χ0) is 9.97. The van der Waals surface area contributed by atoms with Gasteiger partial charge in [-0.3, -0.25) is 4.99 Å². The molecule has 0 amide bonds. The first-order valence-corrected chi connectivity index (χ1v) is 6.57. The third-order valence-corrected chi connectivity index (χ3v) is 4.20. The summed E-state index contributed by atoms with van der Waals surface area (Å²) in [4.78, 5) is 4.47. The molecule has 1 heterocycles. The molecule has 2 aliphatic rings. The van der Waals surface area contributed by atoms with Gasteiger partial charge in [0, 0.05) is 11.8 Å². The monoisotopic (exact) mass is 212 g/mol. The van der Waals surface area contributed by atoms with Gasteiger partial charge in [-0.2, -0.15) is 0 Å². The lowest BCUT2D eigenvalue weighted by Gasteiger charge is -2.11. The Bertz CT molecular complexity index is 227. The first kappa shape index (κ1) is 10.3. The van der Waals surface area contributed by atoms with Crippen molar-refractivity contribution in [3.63, 3.8) is 0 Å². The minimum atomic E-state index is 0.681. The van der Waals surface area contributed by atoms with E-state index in [-0.39, 0.29) is 0 Å². The van der Waals surface area contributed by atoms with Crippen molar-refractivity contribution in [2.75, 3.05) is 13.1 Å². The fourth-order valence-corrected chi connectivity index (χ4v) is 3.16. The second-order valence-corrected chi connectivity index (χ2v) is 6.17. The van der Waals surface area contributed by atoms with Crippen LogP contribution in [-0.2, 0) is 0 Å². The fraction of sp³-hybridized carbons (Fsp3) is 0.909. The minimum absolute atomic E-state index is 0.681. The third-order valence-electron chi connectivity index (χ3n) is 3.15. The number of rotatable bonds is 2. The van der Waals surface area contributed by atoms with Crippen molar-refractivity contribution >= 4 is 16.9 Å². The Morgan fingerprint density at radius 3 is 2.86 bits per heavy atom. The van der Waals surface area contributed by atoms with Gasteiger partial charge in [0.15, 0.2) is 5.17 Å². The lowest BCUT2D eigenvalue weighted by molar-refractivity contribution is 0.508. The van der Waals surface area contributed by atoms with Crippen molar-refractivity contribution in [1.82, 2.24) is 5.32 Å². The van der Waals surface area contributed by atoms with Crippen molar-refractivity contribution in [3.8, 4) is 0 Å². The molecular formula is C11H20N2S. The minimum Gasteiger partial charge on any atom is -0.365 e. The summed E-state index contributed by atoms with van der Waals surface area (Å²) in [6.45, 7) is 6.74. The summed E-state index contributed by atoms with van der Waals surface area (Å²) < 4.78 is 0. The molecule has 0 spiro atoms. The van der Waals surface area contributed by atoms with E-state index in [1.165, 1.54) is 24.4 Å². The molecule has 2 rings (SSSR count). The second-order valence-electron chi connectivity index (χ2n) is 4.74. The summed E-state index contributed by atoms with van der Waals surface area (Å²) in [6.07, 6.45) is 4.23. The summed E-state index contributed by atoms with van der Waals surface area (Å²) >= 11 is 1.89. The van der Waals surface area contributed by atoms with E-state index in [1.807, 2.05) is 11.8 Å². The van der Waals surface area contributed by atoms with Crippen molar-refractivity contribution < 1.29 is 0 Å². The molecular weight excluding hydrogens is 192 g/mol. The highest BCUT2D eigenvalue weighted by molar-refractivity contribution is 8.14. The molecule has 0 saturated heterocycles. The van der Waals surface area contributed by atoms with E-state index in [0.29, 0.717) is 5.25 Å². The number of nitrogens with zero attached hydrogens (tertiary/aromatic N) is 1. The standard InChI is InChI=1S/C11H20N2S/c1-8-3-4-10(5-8)7-13-11-12-6-9(2)14-11/h8-10H,3-7H2,1-2H3,(H,12,13). The van der Waals surface area contributed by atoms with Crippen LogP contribution in [0, 0.1) is 11.8 Å². The van der Waals surface area contributed by atoms with Crippen LogP contribution >= 0.6 is 11.8 Å². The van der Waals surface area contributed by atoms with E-state index in [4.69, 9.17) is 0 Å². The Morgan fingerprint density at radius 1 is 1.43 bits per heavy atom. The zero-order valence-corrected chi connectivity index (χ0v) is 9.94. The Hall–Kier alpha value is -0.180. The molecule has 3 atom stereocenters. The van der Waals surface area contributed by atoms with Gasteiger partial charge in [-0.15, -0.1) is 0 Å². The van der Waals surface area contributed by atoms with E-state index >= 15 is 0 Å². The van der Waals surface area contributed by atoms with Crippen molar-refractivity contribution in [2.24, 2.45) is 16.8 Å². The smallest absolute Gasteiger partial charge is 0.156 e. The van der Waals surface area contributed by atoms with Gasteiger partial charge in [0.05, 0.1) is 6.54 Å². The third kappa shape index (κ3) is 2.66. The normalized spacial score (nSPS) is 37.3. The van der Waals surface area contributed by atoms with Gasteiger partial charge in [0.25, 0.3) is 0 Å². The summed E-state index contributed by atoms with van der Waals surface area (Å²) in [7, 11) is 0. The van der Waals surface area contributed by atoms with E-state index in [0.717, 1.165) is 24.9 Å². The highest BCUT2D eigenvalue weighted by Gasteiger charge is 2.22. The van der Waals surface area contributed by atoms with E-state index in [9.17, 15) is 0 Å². The first-order chi connectivity index (χ1) is 6.74. The van der Waals surface area contributed by atoms with Crippen LogP contribution in [0.2, 0.25) is 0 Å². The van der Waals surface area contributed by atoms with E-state index in [1.54, 1.807) is 0 Å². The molecule has 14 heavy (non-hydrogen) atoms. The number of nitrogens with one attached hydrogen (secondary N) is 1. The number of hydrogen-bond acceptors (Lipinski definition) is 3. The quantitative estimate of drug-likeness (QED) is 0.760. The van der Waals surface area contributed by atoms with Crippen molar-refractivity contribution in [2.45, 2.75) is 38.4 Å². The maximum Gasteiger partial charge on any atom is 0.156 e. The number of aliphatic imine (C=N–C) groups is 1. The van der Waals surface area contributed by atoms with Gasteiger partial charge in [-0.1, -0.05) is 32.0 Å². The first-order valence-electron chi connectivity index (χ1n) is 5.69. The summed E-state index contributed by atoms with van der Waals surface area (Å²) in [6, 6.07) is 0. The average molecular weight is 212 g/mol. The molecule has 1 aliphatic carbocycles. The molecule has 3 unspecified atom stereocenters. The van der Waals surface area contributed by atoms with Gasteiger partial charge >= 0.3 is 0 Å². The molecule has 1 fully saturated rings. The van der Waals surface area contributed by atoms with Crippen LogP contribution in [0.1, 0.15) is 33.1 Å². The predicted octanol–water partition coefficient (Wildman–Crippen LogP) is 2.50. The Kier molecular flexibility index (Phi) is 3.37. The molecule has 1 aliphatic heterocycles. The molecule has 2 nitrogen and oxygen atoms in total. The molecule has 0 aromatic heterocycles. The van der Waals surface area contributed by atoms with Gasteiger partial charge in [0.2, 0.25) is 0 Å².